The van der Waals surface area contributed by atoms with Gasteiger partial charge in [0, 0.05) is 12.5 Å². The van der Waals surface area contributed by atoms with Gasteiger partial charge in [0.25, 0.3) is 0 Å². The molecule has 0 amide bonds. The molecule has 1 aliphatic heterocycles. The van der Waals surface area contributed by atoms with Crippen molar-refractivity contribution in [1.82, 2.24) is 0 Å². The maximum atomic E-state index is 6.04. The number of rotatable bonds is 3. The normalized spacial score (nSPS) is 26.0. The quantitative estimate of drug-likeness (QED) is 0.593. The first kappa shape index (κ1) is 11.3. The van der Waals surface area contributed by atoms with Crippen molar-refractivity contribution in [2.45, 2.75) is 38.5 Å². The number of hydrogen-bond donors (Lipinski definition) is 1. The molecule has 2 fully saturated rings. The summed E-state index contributed by atoms with van der Waals surface area (Å²) in [6.07, 6.45) is 7.92. The lowest BCUT2D eigenvalue weighted by Gasteiger charge is -2.20. The van der Waals surface area contributed by atoms with Gasteiger partial charge in [0.15, 0.2) is 0 Å². The van der Waals surface area contributed by atoms with Crippen LogP contribution in [0, 0.1) is 11.8 Å². The summed E-state index contributed by atoms with van der Waals surface area (Å²) in [5, 5.41) is 0. The maximum absolute atomic E-state index is 6.04. The summed E-state index contributed by atoms with van der Waals surface area (Å²) < 4.78 is 0. The molecule has 0 spiro atoms. The minimum Gasteiger partial charge on any atom is -0.387 e. The van der Waals surface area contributed by atoms with Crippen molar-refractivity contribution in [1.29, 1.82) is 0 Å². The molecule has 2 rings (SSSR count). The highest BCUT2D eigenvalue weighted by molar-refractivity contribution is 7.99. The Balaban J connectivity index is 1.76. The van der Waals surface area contributed by atoms with Gasteiger partial charge in [0.1, 0.15) is 0 Å². The lowest BCUT2D eigenvalue weighted by Crippen LogP contribution is -2.23. The predicted molar refractivity (Wildman–Crippen MR) is 68.5 cm³/mol. The molecule has 1 saturated carbocycles. The number of nitrogens with two attached hydrogens (primary N) is 1. The van der Waals surface area contributed by atoms with E-state index < -0.39 is 0 Å². The summed E-state index contributed by atoms with van der Waals surface area (Å²) in [5.41, 5.74) is 6.04. The van der Waals surface area contributed by atoms with E-state index in [0.717, 1.165) is 18.3 Å². The second-order valence-corrected chi connectivity index (χ2v) is 6.03. The van der Waals surface area contributed by atoms with Gasteiger partial charge in [-0.1, -0.05) is 12.8 Å². The summed E-state index contributed by atoms with van der Waals surface area (Å²) in [6.45, 7) is 0.989. The monoisotopic (exact) mass is 226 g/mol. The molecule has 1 saturated heterocycles. The van der Waals surface area contributed by atoms with Gasteiger partial charge in [-0.05, 0) is 43.1 Å². The summed E-state index contributed by atoms with van der Waals surface area (Å²) in [4.78, 5) is 4.62. The second-order valence-electron chi connectivity index (χ2n) is 4.80. The number of amidine groups is 1. The van der Waals surface area contributed by atoms with Crippen LogP contribution in [-0.2, 0) is 0 Å². The fourth-order valence-electron chi connectivity index (χ4n) is 2.51. The van der Waals surface area contributed by atoms with Crippen LogP contribution in [0.3, 0.4) is 0 Å². The van der Waals surface area contributed by atoms with E-state index in [-0.39, 0.29) is 0 Å². The van der Waals surface area contributed by atoms with Crippen molar-refractivity contribution < 1.29 is 0 Å². The lowest BCUT2D eigenvalue weighted by atomic mass is 10.0. The summed E-state index contributed by atoms with van der Waals surface area (Å²) in [7, 11) is 0. The zero-order valence-electron chi connectivity index (χ0n) is 9.45. The maximum Gasteiger partial charge on any atom is 0.0968 e. The largest absolute Gasteiger partial charge is 0.387 e. The van der Waals surface area contributed by atoms with Crippen LogP contribution in [-0.4, -0.2) is 23.9 Å². The molecule has 0 radical (unpaired) electrons. The average Bonchev–Trinajstić information content (AvgIpc) is 2.81. The Hall–Kier alpha value is -0.180. The third-order valence-electron chi connectivity index (χ3n) is 3.65. The zero-order valence-corrected chi connectivity index (χ0v) is 10.3. The SMILES string of the molecule is NC(=NCC1CCSCC1)C1CCCC1. The van der Waals surface area contributed by atoms with E-state index in [0.29, 0.717) is 5.92 Å². The van der Waals surface area contributed by atoms with E-state index in [1.807, 2.05) is 0 Å². The van der Waals surface area contributed by atoms with Crippen LogP contribution >= 0.6 is 11.8 Å². The standard InChI is InChI=1S/C12H22N2S/c13-12(11-3-1-2-4-11)14-9-10-5-7-15-8-6-10/h10-11H,1-9H2,(H2,13,14). The first-order chi connectivity index (χ1) is 7.36. The first-order valence-electron chi connectivity index (χ1n) is 6.24. The smallest absolute Gasteiger partial charge is 0.0968 e. The van der Waals surface area contributed by atoms with Gasteiger partial charge in [-0.15, -0.1) is 0 Å². The van der Waals surface area contributed by atoms with Crippen molar-refractivity contribution in [2.75, 3.05) is 18.1 Å². The Kier molecular flexibility index (Phi) is 4.36. The van der Waals surface area contributed by atoms with Gasteiger partial charge in [0.2, 0.25) is 0 Å². The van der Waals surface area contributed by atoms with Crippen LogP contribution in [0.5, 0.6) is 0 Å². The minimum absolute atomic E-state index is 0.614. The molecule has 15 heavy (non-hydrogen) atoms. The Morgan fingerprint density at radius 3 is 2.47 bits per heavy atom. The third kappa shape index (κ3) is 3.40. The summed E-state index contributed by atoms with van der Waals surface area (Å²) in [6, 6.07) is 0. The fraction of sp³-hybridized carbons (Fsp3) is 0.917. The van der Waals surface area contributed by atoms with Gasteiger partial charge < -0.3 is 5.73 Å². The lowest BCUT2D eigenvalue weighted by molar-refractivity contribution is 0.501. The van der Waals surface area contributed by atoms with Crippen LogP contribution in [0.15, 0.2) is 4.99 Å². The van der Waals surface area contributed by atoms with Crippen molar-refractivity contribution in [2.24, 2.45) is 22.6 Å². The minimum atomic E-state index is 0.614. The van der Waals surface area contributed by atoms with E-state index in [1.165, 1.54) is 50.0 Å². The Morgan fingerprint density at radius 1 is 1.13 bits per heavy atom. The molecule has 0 unspecified atom stereocenters. The van der Waals surface area contributed by atoms with Crippen LogP contribution in [0.25, 0.3) is 0 Å². The van der Waals surface area contributed by atoms with Crippen molar-refractivity contribution in [3.05, 3.63) is 0 Å². The van der Waals surface area contributed by atoms with E-state index in [9.17, 15) is 0 Å². The number of nitrogens with zero attached hydrogens (tertiary/aromatic N) is 1. The van der Waals surface area contributed by atoms with Gasteiger partial charge in [0.05, 0.1) is 5.84 Å². The molecule has 1 aliphatic carbocycles. The first-order valence-corrected chi connectivity index (χ1v) is 7.39. The van der Waals surface area contributed by atoms with E-state index in [1.54, 1.807) is 0 Å². The van der Waals surface area contributed by atoms with Gasteiger partial charge in [-0.3, -0.25) is 4.99 Å². The zero-order chi connectivity index (χ0) is 10.5. The molecule has 2 N–H and O–H groups in total. The molecule has 0 aromatic heterocycles. The van der Waals surface area contributed by atoms with E-state index in [2.05, 4.69) is 16.8 Å². The molecule has 3 heteroatoms. The molecular weight excluding hydrogens is 204 g/mol. The Labute approximate surface area is 97.1 Å². The summed E-state index contributed by atoms with van der Waals surface area (Å²) >= 11 is 2.08. The number of thioether (sulfide) groups is 1. The number of aliphatic imine (C=N–C) groups is 1. The average molecular weight is 226 g/mol. The second kappa shape index (κ2) is 5.78. The molecule has 0 bridgehead atoms. The molecule has 0 aromatic rings. The predicted octanol–water partition coefficient (Wildman–Crippen LogP) is 2.68. The van der Waals surface area contributed by atoms with Crippen LogP contribution in [0.2, 0.25) is 0 Å². The summed E-state index contributed by atoms with van der Waals surface area (Å²) in [5.74, 6) is 5.02. The van der Waals surface area contributed by atoms with E-state index >= 15 is 0 Å². The third-order valence-corrected chi connectivity index (χ3v) is 4.70. The highest BCUT2D eigenvalue weighted by Gasteiger charge is 2.19. The van der Waals surface area contributed by atoms with Crippen molar-refractivity contribution >= 4 is 17.6 Å². The van der Waals surface area contributed by atoms with E-state index in [4.69, 9.17) is 5.73 Å². The molecule has 0 aromatic carbocycles. The fourth-order valence-corrected chi connectivity index (χ4v) is 3.72. The van der Waals surface area contributed by atoms with Crippen molar-refractivity contribution in [3.8, 4) is 0 Å². The van der Waals surface area contributed by atoms with Crippen LogP contribution in [0.4, 0.5) is 0 Å². The molecule has 2 nitrogen and oxygen atoms in total. The van der Waals surface area contributed by atoms with Crippen molar-refractivity contribution in [3.63, 3.8) is 0 Å². The van der Waals surface area contributed by atoms with Gasteiger partial charge in [-0.2, -0.15) is 11.8 Å². The van der Waals surface area contributed by atoms with Gasteiger partial charge >= 0.3 is 0 Å². The van der Waals surface area contributed by atoms with Crippen LogP contribution < -0.4 is 5.73 Å². The van der Waals surface area contributed by atoms with Gasteiger partial charge in [-0.25, -0.2) is 0 Å². The highest BCUT2D eigenvalue weighted by atomic mass is 32.2. The molecule has 1 heterocycles. The molecular formula is C12H22N2S. The molecule has 0 atom stereocenters. The molecule has 86 valence electrons. The Morgan fingerprint density at radius 2 is 1.80 bits per heavy atom. The topological polar surface area (TPSA) is 38.4 Å². The number of hydrogen-bond acceptors (Lipinski definition) is 2. The Bertz CT molecular complexity index is 216. The highest BCUT2D eigenvalue weighted by Crippen LogP contribution is 2.26. The van der Waals surface area contributed by atoms with Crippen LogP contribution in [0.1, 0.15) is 38.5 Å². The molecule has 2 aliphatic rings.